The Kier molecular flexibility index (Phi) is 7.15. The first-order valence-corrected chi connectivity index (χ1v) is 10.7. The molecule has 1 aromatic heterocycles. The lowest BCUT2D eigenvalue weighted by Crippen LogP contribution is -2.15. The molecule has 3 aromatic rings. The van der Waals surface area contributed by atoms with E-state index in [4.69, 9.17) is 16.3 Å². The summed E-state index contributed by atoms with van der Waals surface area (Å²) in [5.74, 6) is 0.656. The zero-order chi connectivity index (χ0) is 21.0. The maximum atomic E-state index is 13.1. The van der Waals surface area contributed by atoms with E-state index in [1.807, 2.05) is 19.1 Å². The Morgan fingerprint density at radius 2 is 2.10 bits per heavy atom. The minimum Gasteiger partial charge on any atom is -0.481 e. The van der Waals surface area contributed by atoms with E-state index >= 15 is 0 Å². The summed E-state index contributed by atoms with van der Waals surface area (Å²) in [5.41, 5.74) is 0.498. The van der Waals surface area contributed by atoms with Crippen LogP contribution in [0.4, 0.5) is 10.1 Å². The molecule has 0 aliphatic heterocycles. The van der Waals surface area contributed by atoms with Crippen LogP contribution in [0.1, 0.15) is 18.9 Å². The van der Waals surface area contributed by atoms with Crippen LogP contribution in [0, 0.1) is 5.82 Å². The van der Waals surface area contributed by atoms with Crippen molar-refractivity contribution >= 4 is 50.9 Å². The number of nitrogens with zero attached hydrogens (tertiary/aromatic N) is 3. The number of hydrogen-bond donors (Lipinski definition) is 1. The van der Waals surface area contributed by atoms with E-state index in [0.717, 1.165) is 0 Å². The van der Waals surface area contributed by atoms with E-state index in [9.17, 15) is 9.18 Å². The molecular weight excluding hydrogens is 483 g/mol. The van der Waals surface area contributed by atoms with Gasteiger partial charge in [-0.2, -0.15) is 0 Å². The second-order valence-corrected chi connectivity index (χ2v) is 8.26. The van der Waals surface area contributed by atoms with Crippen LogP contribution in [0.2, 0.25) is 5.02 Å². The summed E-state index contributed by atoms with van der Waals surface area (Å²) in [6.07, 6.45) is -0.384. The smallest absolute Gasteiger partial charge is 0.234 e. The molecule has 0 spiro atoms. The molecule has 1 unspecified atom stereocenters. The van der Waals surface area contributed by atoms with E-state index in [1.165, 1.54) is 30.0 Å². The third-order valence-corrected chi connectivity index (χ3v) is 5.90. The number of anilines is 1. The van der Waals surface area contributed by atoms with Crippen molar-refractivity contribution in [3.8, 4) is 5.75 Å². The van der Waals surface area contributed by atoms with Gasteiger partial charge in [0.15, 0.2) is 17.1 Å². The molecule has 2 aromatic carbocycles. The molecule has 0 radical (unpaired) electrons. The molecule has 6 nitrogen and oxygen atoms in total. The second-order valence-electron chi connectivity index (χ2n) is 6.05. The first-order chi connectivity index (χ1) is 13.8. The number of rotatable bonds is 7. The van der Waals surface area contributed by atoms with Crippen molar-refractivity contribution in [2.45, 2.75) is 18.2 Å². The summed E-state index contributed by atoms with van der Waals surface area (Å²) >= 11 is 10.6. The predicted molar refractivity (Wildman–Crippen MR) is 115 cm³/mol. The van der Waals surface area contributed by atoms with Gasteiger partial charge in [0.2, 0.25) is 5.91 Å². The summed E-state index contributed by atoms with van der Waals surface area (Å²) in [6.45, 7) is 1.85. The molecule has 1 atom stereocenters. The lowest BCUT2D eigenvalue weighted by Gasteiger charge is -2.15. The minimum atomic E-state index is -0.385. The summed E-state index contributed by atoms with van der Waals surface area (Å²) < 4.78 is 21.3. The molecule has 0 saturated carbocycles. The van der Waals surface area contributed by atoms with Crippen molar-refractivity contribution in [3.05, 3.63) is 63.6 Å². The Labute approximate surface area is 184 Å². The molecule has 3 rings (SSSR count). The number of hydrogen-bond acceptors (Lipinski definition) is 5. The molecule has 0 aliphatic carbocycles. The van der Waals surface area contributed by atoms with Crippen LogP contribution in [0.15, 0.2) is 52.1 Å². The number of nitrogens with one attached hydrogen (secondary N) is 1. The average Bonchev–Trinajstić information content (AvgIpc) is 3.05. The first-order valence-electron chi connectivity index (χ1n) is 8.53. The first kappa shape index (κ1) is 21.6. The number of carbonyl (C=O) groups excluding carboxylic acids is 1. The monoisotopic (exact) mass is 498 g/mol. The summed E-state index contributed by atoms with van der Waals surface area (Å²) in [4.78, 5) is 12.2. The molecule has 1 N–H and O–H groups in total. The SMILES string of the molecule is CC(Oc1ccccc1Cl)c1nnc(SCC(=O)Nc2ccc(F)cc2Br)n1C. The lowest BCUT2D eigenvalue weighted by atomic mass is 10.3. The topological polar surface area (TPSA) is 69.0 Å². The zero-order valence-corrected chi connectivity index (χ0v) is 18.7. The zero-order valence-electron chi connectivity index (χ0n) is 15.5. The molecule has 0 bridgehead atoms. The van der Waals surface area contributed by atoms with Gasteiger partial charge in [0.1, 0.15) is 11.6 Å². The summed E-state index contributed by atoms with van der Waals surface area (Å²) in [6, 6.07) is 11.3. The number of amides is 1. The van der Waals surface area contributed by atoms with Gasteiger partial charge in [-0.05, 0) is 53.2 Å². The van der Waals surface area contributed by atoms with Crippen molar-refractivity contribution in [2.75, 3.05) is 11.1 Å². The van der Waals surface area contributed by atoms with Crippen molar-refractivity contribution in [1.29, 1.82) is 0 Å². The van der Waals surface area contributed by atoms with Crippen LogP contribution in [-0.2, 0) is 11.8 Å². The Morgan fingerprint density at radius 1 is 1.34 bits per heavy atom. The van der Waals surface area contributed by atoms with Gasteiger partial charge in [0.25, 0.3) is 0 Å². The van der Waals surface area contributed by atoms with Crippen molar-refractivity contribution in [1.82, 2.24) is 14.8 Å². The van der Waals surface area contributed by atoms with Crippen LogP contribution in [0.5, 0.6) is 5.75 Å². The third-order valence-electron chi connectivity index (χ3n) is 3.91. The quantitative estimate of drug-likeness (QED) is 0.450. The normalized spacial score (nSPS) is 11.9. The number of halogens is 3. The van der Waals surface area contributed by atoms with Gasteiger partial charge in [-0.15, -0.1) is 10.2 Å². The molecule has 0 aliphatic rings. The van der Waals surface area contributed by atoms with Crippen LogP contribution >= 0.6 is 39.3 Å². The number of ether oxygens (including phenoxy) is 1. The number of thioether (sulfide) groups is 1. The van der Waals surface area contributed by atoms with E-state index in [1.54, 1.807) is 23.7 Å². The van der Waals surface area contributed by atoms with Crippen LogP contribution in [-0.4, -0.2) is 26.4 Å². The Balaban J connectivity index is 1.60. The second kappa shape index (κ2) is 9.60. The van der Waals surface area contributed by atoms with Gasteiger partial charge in [0.05, 0.1) is 16.5 Å². The van der Waals surface area contributed by atoms with Gasteiger partial charge >= 0.3 is 0 Å². The molecule has 29 heavy (non-hydrogen) atoms. The van der Waals surface area contributed by atoms with Gasteiger partial charge in [-0.3, -0.25) is 4.79 Å². The maximum Gasteiger partial charge on any atom is 0.234 e. The minimum absolute atomic E-state index is 0.121. The highest BCUT2D eigenvalue weighted by atomic mass is 79.9. The van der Waals surface area contributed by atoms with E-state index in [2.05, 4.69) is 31.4 Å². The van der Waals surface area contributed by atoms with Gasteiger partial charge in [-0.1, -0.05) is 35.5 Å². The van der Waals surface area contributed by atoms with Gasteiger partial charge in [-0.25, -0.2) is 4.39 Å². The molecular formula is C19H17BrClFN4O2S. The molecule has 10 heteroatoms. The van der Waals surface area contributed by atoms with Gasteiger partial charge in [0, 0.05) is 11.5 Å². The lowest BCUT2D eigenvalue weighted by molar-refractivity contribution is -0.113. The highest BCUT2D eigenvalue weighted by Gasteiger charge is 2.19. The molecule has 152 valence electrons. The van der Waals surface area contributed by atoms with Crippen LogP contribution < -0.4 is 10.1 Å². The van der Waals surface area contributed by atoms with Crippen molar-refractivity contribution in [2.24, 2.45) is 7.05 Å². The number of benzene rings is 2. The highest BCUT2D eigenvalue weighted by Crippen LogP contribution is 2.29. The van der Waals surface area contributed by atoms with E-state index in [0.29, 0.717) is 31.9 Å². The van der Waals surface area contributed by atoms with Crippen LogP contribution in [0.25, 0.3) is 0 Å². The molecule has 0 saturated heterocycles. The van der Waals surface area contributed by atoms with Gasteiger partial charge < -0.3 is 14.6 Å². The fourth-order valence-corrected chi connectivity index (χ4v) is 3.84. The Morgan fingerprint density at radius 3 is 2.83 bits per heavy atom. The number of aromatic nitrogens is 3. The molecule has 1 amide bonds. The summed E-state index contributed by atoms with van der Waals surface area (Å²) in [5, 5.41) is 12.1. The Hall–Kier alpha value is -2.10. The largest absolute Gasteiger partial charge is 0.481 e. The third kappa shape index (κ3) is 5.49. The number of carbonyl (C=O) groups is 1. The van der Waals surface area contributed by atoms with Crippen molar-refractivity contribution < 1.29 is 13.9 Å². The fourth-order valence-electron chi connectivity index (χ4n) is 2.50. The van der Waals surface area contributed by atoms with Crippen molar-refractivity contribution in [3.63, 3.8) is 0 Å². The van der Waals surface area contributed by atoms with E-state index in [-0.39, 0.29) is 23.6 Å². The fraction of sp³-hybridized carbons (Fsp3) is 0.211. The maximum absolute atomic E-state index is 13.1. The molecule has 1 heterocycles. The average molecular weight is 500 g/mol. The van der Waals surface area contributed by atoms with Crippen LogP contribution in [0.3, 0.4) is 0 Å². The number of para-hydroxylation sites is 1. The highest BCUT2D eigenvalue weighted by molar-refractivity contribution is 9.10. The van der Waals surface area contributed by atoms with E-state index < -0.39 is 0 Å². The predicted octanol–water partition coefficient (Wildman–Crippen LogP) is 5.24. The summed E-state index contributed by atoms with van der Waals surface area (Å²) in [7, 11) is 1.80. The standard InChI is InChI=1S/C19H17BrClFN4O2S/c1-11(28-16-6-4-3-5-14(16)21)18-24-25-19(26(18)2)29-10-17(27)23-15-8-7-12(22)9-13(15)20/h3-9,11H,10H2,1-2H3,(H,23,27). The Bertz CT molecular complexity index is 1030. The molecule has 0 fully saturated rings.